The van der Waals surface area contributed by atoms with Gasteiger partial charge in [0.25, 0.3) is 5.56 Å². The Bertz CT molecular complexity index is 1250. The third kappa shape index (κ3) is 3.47. The Labute approximate surface area is 180 Å². The number of thiophene rings is 1. The smallest absolute Gasteiger partial charge is 0.266 e. The molecule has 5 heteroatoms. The van der Waals surface area contributed by atoms with E-state index in [0.717, 1.165) is 49.8 Å². The average Bonchev–Trinajstić information content (AvgIpc) is 3.23. The Balaban J connectivity index is 1.97. The van der Waals surface area contributed by atoms with Crippen LogP contribution in [-0.2, 0) is 6.61 Å². The molecule has 2 heterocycles. The summed E-state index contributed by atoms with van der Waals surface area (Å²) in [5.41, 5.74) is 5.99. The predicted molar refractivity (Wildman–Crippen MR) is 128 cm³/mol. The minimum atomic E-state index is -0.0551. The molecule has 0 radical (unpaired) electrons. The van der Waals surface area contributed by atoms with Gasteiger partial charge in [-0.1, -0.05) is 44.2 Å². The van der Waals surface area contributed by atoms with E-state index in [2.05, 4.69) is 48.4 Å². The van der Waals surface area contributed by atoms with Crippen LogP contribution in [0.1, 0.15) is 36.5 Å². The molecule has 0 aliphatic rings. The number of likely N-dealkylation sites (N-methyl/N-ethyl adjacent to an activating group) is 1. The number of aliphatic hydroxyl groups is 1. The minimum Gasteiger partial charge on any atom is -0.392 e. The van der Waals surface area contributed by atoms with Crippen molar-refractivity contribution in [3.63, 3.8) is 0 Å². The number of rotatable bonds is 6. The van der Waals surface area contributed by atoms with E-state index < -0.39 is 0 Å². The molecule has 0 saturated carbocycles. The number of aromatic amines is 1. The fraction of sp³-hybridized carbons (Fsp3) is 0.320. The van der Waals surface area contributed by atoms with Crippen molar-refractivity contribution in [3.05, 3.63) is 68.8 Å². The van der Waals surface area contributed by atoms with Gasteiger partial charge in [0.15, 0.2) is 0 Å². The maximum Gasteiger partial charge on any atom is 0.266 e. The summed E-state index contributed by atoms with van der Waals surface area (Å²) >= 11 is 1.45. The van der Waals surface area contributed by atoms with E-state index in [1.54, 1.807) is 0 Å². The summed E-state index contributed by atoms with van der Waals surface area (Å²) in [4.78, 5) is 15.6. The van der Waals surface area contributed by atoms with Crippen LogP contribution in [0.3, 0.4) is 0 Å². The Morgan fingerprint density at radius 3 is 2.53 bits per heavy atom. The van der Waals surface area contributed by atoms with E-state index in [0.29, 0.717) is 11.8 Å². The van der Waals surface area contributed by atoms with Gasteiger partial charge in [0, 0.05) is 17.3 Å². The number of fused-ring (bicyclic) bond motifs is 3. The number of aryl methyl sites for hydroxylation is 1. The number of benzene rings is 2. The summed E-state index contributed by atoms with van der Waals surface area (Å²) < 4.78 is 0.726. The van der Waals surface area contributed by atoms with E-state index >= 15 is 0 Å². The fourth-order valence-corrected chi connectivity index (χ4v) is 5.28. The Hall–Kier alpha value is -2.47. The minimum absolute atomic E-state index is 0.0486. The number of nitrogens with one attached hydrogen (secondary N) is 2. The van der Waals surface area contributed by atoms with Gasteiger partial charge in [-0.05, 0) is 65.1 Å². The van der Waals surface area contributed by atoms with Gasteiger partial charge in [-0.2, -0.15) is 0 Å². The first-order chi connectivity index (χ1) is 14.5. The van der Waals surface area contributed by atoms with Crippen LogP contribution in [0, 0.1) is 12.8 Å². The molecule has 4 nitrogen and oxygen atoms in total. The Morgan fingerprint density at radius 2 is 1.90 bits per heavy atom. The van der Waals surface area contributed by atoms with Crippen molar-refractivity contribution in [2.75, 3.05) is 13.6 Å². The summed E-state index contributed by atoms with van der Waals surface area (Å²) in [6, 6.07) is 12.7. The maximum absolute atomic E-state index is 12.6. The fourth-order valence-electron chi connectivity index (χ4n) is 4.48. The first kappa shape index (κ1) is 20.8. The molecule has 0 bridgehead atoms. The molecular weight excluding hydrogens is 392 g/mol. The number of aliphatic hydroxyl groups excluding tert-OH is 1. The van der Waals surface area contributed by atoms with Gasteiger partial charge in [-0.25, -0.2) is 0 Å². The molecule has 3 N–H and O–H groups in total. The molecule has 156 valence electrons. The van der Waals surface area contributed by atoms with Gasteiger partial charge in [0.05, 0.1) is 12.1 Å². The Morgan fingerprint density at radius 1 is 1.17 bits per heavy atom. The predicted octanol–water partition coefficient (Wildman–Crippen LogP) is 5.17. The highest BCUT2D eigenvalue weighted by molar-refractivity contribution is 7.17. The second kappa shape index (κ2) is 8.34. The molecule has 0 amide bonds. The van der Waals surface area contributed by atoms with Crippen molar-refractivity contribution in [2.24, 2.45) is 5.92 Å². The molecular formula is C25H28N2O2S. The van der Waals surface area contributed by atoms with Crippen LogP contribution in [0.5, 0.6) is 0 Å². The van der Waals surface area contributed by atoms with Crippen molar-refractivity contribution in [1.29, 1.82) is 0 Å². The van der Waals surface area contributed by atoms with Crippen LogP contribution < -0.4 is 10.9 Å². The lowest BCUT2D eigenvalue weighted by Crippen LogP contribution is -2.21. The van der Waals surface area contributed by atoms with Gasteiger partial charge in [-0.3, -0.25) is 4.79 Å². The van der Waals surface area contributed by atoms with E-state index in [4.69, 9.17) is 0 Å². The summed E-state index contributed by atoms with van der Waals surface area (Å²) in [5, 5.41) is 17.4. The second-order valence-corrected chi connectivity index (χ2v) is 9.20. The highest BCUT2D eigenvalue weighted by Gasteiger charge is 2.19. The molecule has 0 aliphatic carbocycles. The molecule has 4 rings (SSSR count). The Kier molecular flexibility index (Phi) is 5.78. The zero-order valence-corrected chi connectivity index (χ0v) is 18.7. The van der Waals surface area contributed by atoms with Crippen LogP contribution in [0.25, 0.3) is 32.1 Å². The quantitative estimate of drug-likeness (QED) is 0.403. The lowest BCUT2D eigenvalue weighted by atomic mass is 9.86. The van der Waals surface area contributed by atoms with Crippen molar-refractivity contribution in [2.45, 2.75) is 33.3 Å². The second-order valence-electron chi connectivity index (χ2n) is 8.28. The molecule has 0 aliphatic heterocycles. The highest BCUT2D eigenvalue weighted by atomic mass is 32.1. The monoisotopic (exact) mass is 420 g/mol. The zero-order chi connectivity index (χ0) is 21.4. The normalized spacial score (nSPS) is 12.9. The molecule has 2 aromatic heterocycles. The third-order valence-corrected chi connectivity index (χ3v) is 6.93. The molecule has 0 saturated heterocycles. The number of H-pyrrole nitrogens is 1. The van der Waals surface area contributed by atoms with Gasteiger partial charge < -0.3 is 15.4 Å². The van der Waals surface area contributed by atoms with E-state index in [1.165, 1.54) is 16.9 Å². The van der Waals surface area contributed by atoms with E-state index in [-0.39, 0.29) is 12.2 Å². The van der Waals surface area contributed by atoms with Gasteiger partial charge in [0.2, 0.25) is 0 Å². The number of hydrogen-bond donors (Lipinski definition) is 3. The zero-order valence-electron chi connectivity index (χ0n) is 17.9. The summed E-state index contributed by atoms with van der Waals surface area (Å²) in [5.74, 6) is 0.975. The first-order valence-electron chi connectivity index (χ1n) is 10.4. The lowest BCUT2D eigenvalue weighted by Gasteiger charge is -2.22. The topological polar surface area (TPSA) is 65.1 Å². The molecule has 30 heavy (non-hydrogen) atoms. The highest BCUT2D eigenvalue weighted by Crippen LogP contribution is 2.38. The standard InChI is InChI=1S/C25H28N2O2S/c1-14(2)20(12-26-4)16-5-7-17(8-6-16)21-18(13-28)11-15(3)23-22(21)19-9-10-30-24(19)25(29)27-23/h5-11,14,20,26,28H,12-13H2,1-4H3,(H,27,29). The molecule has 1 unspecified atom stereocenters. The van der Waals surface area contributed by atoms with Crippen LogP contribution in [-0.4, -0.2) is 23.7 Å². The van der Waals surface area contributed by atoms with Crippen LogP contribution in [0.4, 0.5) is 0 Å². The summed E-state index contributed by atoms with van der Waals surface area (Å²) in [7, 11) is 1.99. The molecule has 1 atom stereocenters. The van der Waals surface area contributed by atoms with Gasteiger partial charge in [0.1, 0.15) is 4.70 Å². The van der Waals surface area contributed by atoms with Crippen LogP contribution in [0.15, 0.2) is 46.6 Å². The van der Waals surface area contributed by atoms with Crippen molar-refractivity contribution in [3.8, 4) is 11.1 Å². The van der Waals surface area contributed by atoms with Crippen molar-refractivity contribution in [1.82, 2.24) is 10.3 Å². The SMILES string of the molecule is CNCC(c1ccc(-c2c(CO)cc(C)c3[nH]c(=O)c4sccc4c23)cc1)C(C)C. The summed E-state index contributed by atoms with van der Waals surface area (Å²) in [6.45, 7) is 7.36. The largest absolute Gasteiger partial charge is 0.392 e. The maximum atomic E-state index is 12.6. The van der Waals surface area contributed by atoms with Gasteiger partial charge >= 0.3 is 0 Å². The molecule has 2 aromatic carbocycles. The van der Waals surface area contributed by atoms with E-state index in [1.807, 2.05) is 31.5 Å². The number of aromatic nitrogens is 1. The van der Waals surface area contributed by atoms with Gasteiger partial charge in [-0.15, -0.1) is 11.3 Å². The van der Waals surface area contributed by atoms with Crippen molar-refractivity contribution >= 4 is 32.3 Å². The molecule has 4 aromatic rings. The lowest BCUT2D eigenvalue weighted by molar-refractivity contribution is 0.282. The van der Waals surface area contributed by atoms with E-state index in [9.17, 15) is 9.90 Å². The summed E-state index contributed by atoms with van der Waals surface area (Å²) in [6.07, 6.45) is 0. The van der Waals surface area contributed by atoms with Crippen molar-refractivity contribution < 1.29 is 5.11 Å². The number of hydrogen-bond acceptors (Lipinski definition) is 4. The number of pyridine rings is 1. The first-order valence-corrected chi connectivity index (χ1v) is 11.3. The van der Waals surface area contributed by atoms with Crippen LogP contribution >= 0.6 is 11.3 Å². The van der Waals surface area contributed by atoms with Crippen LogP contribution in [0.2, 0.25) is 0 Å². The average molecular weight is 421 g/mol. The molecule has 0 fully saturated rings. The molecule has 0 spiro atoms. The third-order valence-electron chi connectivity index (χ3n) is 6.01.